The van der Waals surface area contributed by atoms with Gasteiger partial charge in [0.25, 0.3) is 5.56 Å². The number of phosphoric acid groups is 2. The van der Waals surface area contributed by atoms with Crippen LogP contribution in [0.4, 0.5) is 11.8 Å². The zero-order valence-corrected chi connectivity index (χ0v) is 25.8. The third kappa shape index (κ3) is 5.55. The minimum atomic E-state index is -4.98. The number of hydrogen-bond donors (Lipinski definition) is 7. The van der Waals surface area contributed by atoms with Gasteiger partial charge in [-0.25, -0.2) is 29.1 Å². The molecule has 6 unspecified atom stereocenters. The maximum Gasteiger partial charge on any atom is 0.472 e. The zero-order valence-electron chi connectivity index (χ0n) is 22.4. The molecule has 4 aromatic heterocycles. The number of aromatic nitrogens is 8. The lowest BCUT2D eigenvalue weighted by atomic mass is 10.1. The fourth-order valence-corrected chi connectivity index (χ4v) is 10.6. The van der Waals surface area contributed by atoms with E-state index in [1.165, 1.54) is 28.1 Å². The second-order valence-corrected chi connectivity index (χ2v) is 15.7. The van der Waals surface area contributed by atoms with Crippen LogP contribution in [0.3, 0.4) is 0 Å². The fourth-order valence-electron chi connectivity index (χ4n) is 5.30. The number of nitrogens with zero attached hydrogens (tertiary/aromatic N) is 7. The molecule has 9 N–H and O–H groups in total. The number of nitrogens with one attached hydrogen (secondary N) is 1. The number of aliphatic hydroxyl groups is 2. The Morgan fingerprint density at radius 1 is 0.844 bits per heavy atom. The van der Waals surface area contributed by atoms with Crippen molar-refractivity contribution in [3.63, 3.8) is 0 Å². The highest BCUT2D eigenvalue weighted by Crippen LogP contribution is 2.58. The number of rotatable bonds is 2. The molecule has 3 aliphatic rings. The Morgan fingerprint density at radius 2 is 1.47 bits per heavy atom. The van der Waals surface area contributed by atoms with Crippen molar-refractivity contribution in [1.29, 1.82) is 0 Å². The molecule has 0 saturated carbocycles. The van der Waals surface area contributed by atoms with Gasteiger partial charge >= 0.3 is 15.6 Å². The molecule has 45 heavy (non-hydrogen) atoms. The summed E-state index contributed by atoms with van der Waals surface area (Å²) in [5, 5.41) is 18.3. The number of nitrogens with two attached hydrogens (primary N) is 2. The molecule has 7 heterocycles. The molecular formula is C20H24N10O11P2S2. The number of hydrogen-bond acceptors (Lipinski definition) is 18. The smallest absolute Gasteiger partial charge is 0.389 e. The van der Waals surface area contributed by atoms with Gasteiger partial charge in [0.05, 0.1) is 42.5 Å². The Hall–Kier alpha value is -2.66. The first-order valence-corrected chi connectivity index (χ1v) is 17.8. The minimum Gasteiger partial charge on any atom is -0.389 e. The molecule has 10 atom stereocenters. The Labute approximate surface area is 258 Å². The van der Waals surface area contributed by atoms with Crippen molar-refractivity contribution in [3.05, 3.63) is 29.3 Å². The van der Waals surface area contributed by atoms with E-state index in [2.05, 4.69) is 29.9 Å². The van der Waals surface area contributed by atoms with Gasteiger partial charge in [-0.1, -0.05) is 0 Å². The van der Waals surface area contributed by atoms with Gasteiger partial charge in [-0.2, -0.15) is 4.98 Å². The number of H-pyrrole nitrogens is 1. The van der Waals surface area contributed by atoms with E-state index in [-0.39, 0.29) is 34.1 Å². The van der Waals surface area contributed by atoms with E-state index < -0.39 is 80.1 Å². The van der Waals surface area contributed by atoms with Gasteiger partial charge in [0, 0.05) is 0 Å². The Bertz CT molecular complexity index is 1940. The first-order valence-electron chi connectivity index (χ1n) is 13.0. The summed E-state index contributed by atoms with van der Waals surface area (Å²) >= 11 is 1.91. The number of nitrogen functional groups attached to an aromatic ring is 2. The van der Waals surface area contributed by atoms with Crippen molar-refractivity contribution in [2.45, 2.75) is 45.7 Å². The quantitative estimate of drug-likeness (QED) is 0.124. The van der Waals surface area contributed by atoms with Gasteiger partial charge in [0.2, 0.25) is 5.95 Å². The predicted molar refractivity (Wildman–Crippen MR) is 156 cm³/mol. The summed E-state index contributed by atoms with van der Waals surface area (Å²) < 4.78 is 50.6. The molecule has 21 nitrogen and oxygen atoms in total. The minimum absolute atomic E-state index is 0.00799. The van der Waals surface area contributed by atoms with Crippen LogP contribution in [0.25, 0.3) is 22.3 Å². The number of aromatic amines is 1. The summed E-state index contributed by atoms with van der Waals surface area (Å²) in [7, 11) is -9.91. The van der Waals surface area contributed by atoms with Crippen molar-refractivity contribution in [1.82, 2.24) is 39.0 Å². The van der Waals surface area contributed by atoms with Gasteiger partial charge < -0.3 is 31.5 Å². The van der Waals surface area contributed by atoms with Crippen molar-refractivity contribution in [2.75, 3.05) is 24.7 Å². The third-order valence-corrected chi connectivity index (χ3v) is 12.4. The van der Waals surface area contributed by atoms with Crippen molar-refractivity contribution in [2.24, 2.45) is 0 Å². The molecule has 0 spiro atoms. The molecule has 3 fully saturated rings. The van der Waals surface area contributed by atoms with Gasteiger partial charge in [-0.05, 0) is 0 Å². The zero-order chi connectivity index (χ0) is 31.8. The first-order chi connectivity index (χ1) is 21.3. The van der Waals surface area contributed by atoms with Crippen LogP contribution in [0.1, 0.15) is 10.7 Å². The normalized spacial score (nSPS) is 37.7. The third-order valence-electron chi connectivity index (χ3n) is 7.32. The summed E-state index contributed by atoms with van der Waals surface area (Å²) in [5.41, 5.74) is 11.3. The first kappa shape index (κ1) is 31.0. The molecular weight excluding hydrogens is 682 g/mol. The van der Waals surface area contributed by atoms with Gasteiger partial charge in [-0.15, -0.1) is 23.5 Å². The van der Waals surface area contributed by atoms with Gasteiger partial charge in [0.1, 0.15) is 40.9 Å². The highest BCUT2D eigenvalue weighted by atomic mass is 32.2. The number of phosphoric ester groups is 2. The van der Waals surface area contributed by atoms with E-state index in [1.807, 2.05) is 0 Å². The van der Waals surface area contributed by atoms with Gasteiger partial charge in [-0.3, -0.25) is 37.0 Å². The van der Waals surface area contributed by atoms with E-state index in [4.69, 9.17) is 29.6 Å². The summed E-state index contributed by atoms with van der Waals surface area (Å²) in [6.07, 6.45) is -2.25. The molecule has 7 rings (SSSR count). The Morgan fingerprint density at radius 3 is 2.20 bits per heavy atom. The Balaban J connectivity index is 1.21. The van der Waals surface area contributed by atoms with Crippen molar-refractivity contribution in [3.8, 4) is 0 Å². The average Bonchev–Trinajstić information content (AvgIpc) is 3.72. The second kappa shape index (κ2) is 11.2. The highest BCUT2D eigenvalue weighted by Gasteiger charge is 2.53. The van der Waals surface area contributed by atoms with Crippen LogP contribution < -0.4 is 17.0 Å². The van der Waals surface area contributed by atoms with Crippen LogP contribution in [0.15, 0.2) is 23.8 Å². The van der Waals surface area contributed by atoms with Crippen LogP contribution in [-0.2, 0) is 27.2 Å². The highest BCUT2D eigenvalue weighted by molar-refractivity contribution is 8.00. The van der Waals surface area contributed by atoms with Crippen molar-refractivity contribution >= 4 is 73.3 Å². The lowest BCUT2D eigenvalue weighted by Gasteiger charge is -2.26. The lowest BCUT2D eigenvalue weighted by Crippen LogP contribution is -2.35. The predicted octanol–water partition coefficient (Wildman–Crippen LogP) is -0.908. The lowest BCUT2D eigenvalue weighted by molar-refractivity contribution is 0.00299. The monoisotopic (exact) mass is 706 g/mol. The standard InChI is InChI=1S/C20H24N10O11P2S2/c21-14-8-15(24-3-23-14)29(4-25-8)18-11(32)12-7(45-18)2-39-43(36,37)41-13-10(31)6(1-38-42(34,35)40-12)44-19(13)30-5-26-9-16(30)27-20(22)28-17(9)33/h3-7,10-13,18-19,31-32H,1-2H2,(H,34,35)(H,36,37)(H2,21,23,24)(H3,22,27,28,33)/t6-,7-,10?,11?,12?,13?,18-,19-/m1/s1. The Kier molecular flexibility index (Phi) is 7.74. The van der Waals surface area contributed by atoms with Crippen LogP contribution in [-0.4, -0.2) is 107 Å². The number of aliphatic hydroxyl groups excluding tert-OH is 2. The summed E-state index contributed by atoms with van der Waals surface area (Å²) in [6.45, 7) is -1.21. The van der Waals surface area contributed by atoms with E-state index in [0.29, 0.717) is 0 Å². The van der Waals surface area contributed by atoms with E-state index in [1.54, 1.807) is 0 Å². The number of thioether (sulfide) groups is 2. The fraction of sp³-hybridized carbons (Fsp3) is 0.500. The van der Waals surface area contributed by atoms with Crippen LogP contribution in [0, 0.1) is 0 Å². The topological polar surface area (TPSA) is 311 Å². The molecule has 0 amide bonds. The van der Waals surface area contributed by atoms with Crippen LogP contribution in [0.2, 0.25) is 0 Å². The molecule has 242 valence electrons. The van der Waals surface area contributed by atoms with E-state index >= 15 is 0 Å². The SMILES string of the molecule is Nc1nc2c(ncn2[C@@H]2S[C@@H]3COP(=O)(O)OC4C(O)[C@H](n5cnc6c(N)ncnc65)S[C@@H]4COP(=O)(O)OC2C3O)c(=O)[nH]1. The summed E-state index contributed by atoms with van der Waals surface area (Å²) in [5.74, 6) is -0.136. The molecule has 0 aliphatic carbocycles. The van der Waals surface area contributed by atoms with Crippen LogP contribution in [0.5, 0.6) is 0 Å². The molecule has 0 radical (unpaired) electrons. The molecule has 3 aliphatic heterocycles. The van der Waals surface area contributed by atoms with Crippen LogP contribution >= 0.6 is 39.2 Å². The van der Waals surface area contributed by atoms with Crippen molar-refractivity contribution < 1.29 is 47.2 Å². The molecule has 2 bridgehead atoms. The summed E-state index contributed by atoms with van der Waals surface area (Å²) in [4.78, 5) is 56.4. The second-order valence-electron chi connectivity index (χ2n) is 10.1. The number of imidazole rings is 2. The molecule has 25 heteroatoms. The van der Waals surface area contributed by atoms with E-state index in [0.717, 1.165) is 23.5 Å². The number of anilines is 2. The largest absolute Gasteiger partial charge is 0.472 e. The molecule has 3 saturated heterocycles. The number of fused-ring (bicyclic) bond motifs is 5. The van der Waals surface area contributed by atoms with Gasteiger partial charge in [0.15, 0.2) is 22.6 Å². The maximum absolute atomic E-state index is 13.3. The molecule has 4 aromatic rings. The maximum atomic E-state index is 13.3. The van der Waals surface area contributed by atoms with E-state index in [9.17, 15) is 33.9 Å². The molecule has 0 aromatic carbocycles. The average molecular weight is 707 g/mol. The summed E-state index contributed by atoms with van der Waals surface area (Å²) in [6, 6.07) is 0.